The monoisotopic (exact) mass is 176 g/mol. The summed E-state index contributed by atoms with van der Waals surface area (Å²) in [6, 6.07) is 0. The van der Waals surface area contributed by atoms with Crippen LogP contribution in [0.5, 0.6) is 0 Å². The highest BCUT2D eigenvalue weighted by Crippen LogP contribution is 2.04. The predicted molar refractivity (Wildman–Crippen MR) is 49.0 cm³/mol. The number of carbonyl (C=O) groups is 1. The maximum absolute atomic E-state index is 10.4. The number of thiol groups is 1. The molecule has 0 aromatic heterocycles. The predicted octanol–water partition coefficient (Wildman–Crippen LogP) is 2.04. The fourth-order valence-electron chi connectivity index (χ4n) is 0.876. The summed E-state index contributed by atoms with van der Waals surface area (Å²) in [6.07, 6.45) is 4.92. The van der Waals surface area contributed by atoms with Crippen LogP contribution in [0.15, 0.2) is 0 Å². The van der Waals surface area contributed by atoms with Gasteiger partial charge < -0.3 is 4.74 Å². The molecule has 0 bridgehead atoms. The zero-order valence-corrected chi connectivity index (χ0v) is 7.90. The molecule has 0 saturated heterocycles. The Morgan fingerprint density at radius 2 is 1.91 bits per heavy atom. The third kappa shape index (κ3) is 9.98. The van der Waals surface area contributed by atoms with Gasteiger partial charge in [0.1, 0.15) is 0 Å². The topological polar surface area (TPSA) is 26.3 Å². The Bertz CT molecular complexity index is 104. The van der Waals surface area contributed by atoms with Gasteiger partial charge in [0.25, 0.3) is 0 Å². The van der Waals surface area contributed by atoms with Gasteiger partial charge in [0.15, 0.2) is 5.12 Å². The molecular weight excluding hydrogens is 160 g/mol. The summed E-state index contributed by atoms with van der Waals surface area (Å²) in [5.41, 5.74) is 0. The van der Waals surface area contributed by atoms with Gasteiger partial charge in [0.05, 0.1) is 0 Å². The molecule has 0 aromatic carbocycles. The molecule has 0 fully saturated rings. The molecule has 0 heterocycles. The van der Waals surface area contributed by atoms with Crippen molar-refractivity contribution in [2.45, 2.75) is 32.1 Å². The first-order chi connectivity index (χ1) is 5.27. The maximum atomic E-state index is 10.4. The third-order valence-corrected chi connectivity index (χ3v) is 1.71. The minimum atomic E-state index is -0.00302. The second-order valence-corrected chi connectivity index (χ2v) is 3.05. The zero-order chi connectivity index (χ0) is 8.53. The molecule has 2 nitrogen and oxygen atoms in total. The first-order valence-electron chi connectivity index (χ1n) is 3.98. The number of ether oxygens (including phenoxy) is 1. The lowest BCUT2D eigenvalue weighted by Crippen LogP contribution is -1.90. The second kappa shape index (κ2) is 8.08. The summed E-state index contributed by atoms with van der Waals surface area (Å²) in [7, 11) is 1.71. The lowest BCUT2D eigenvalue weighted by molar-refractivity contribution is -0.110. The molecule has 0 aromatic rings. The zero-order valence-electron chi connectivity index (χ0n) is 7.01. The first kappa shape index (κ1) is 11.0. The van der Waals surface area contributed by atoms with Crippen molar-refractivity contribution in [2.75, 3.05) is 13.7 Å². The summed E-state index contributed by atoms with van der Waals surface area (Å²) < 4.78 is 4.89. The highest BCUT2D eigenvalue weighted by atomic mass is 32.1. The van der Waals surface area contributed by atoms with E-state index >= 15 is 0 Å². The van der Waals surface area contributed by atoms with E-state index in [9.17, 15) is 4.79 Å². The van der Waals surface area contributed by atoms with Gasteiger partial charge in [-0.2, -0.15) is 0 Å². The van der Waals surface area contributed by atoms with Crippen molar-refractivity contribution >= 4 is 17.7 Å². The van der Waals surface area contributed by atoms with Crippen molar-refractivity contribution in [3.8, 4) is 0 Å². The van der Waals surface area contributed by atoms with Crippen molar-refractivity contribution in [3.05, 3.63) is 0 Å². The molecule has 0 aliphatic carbocycles. The molecule has 0 N–H and O–H groups in total. The minimum absolute atomic E-state index is 0.00302. The molecule has 11 heavy (non-hydrogen) atoms. The number of rotatable bonds is 7. The van der Waals surface area contributed by atoms with Crippen molar-refractivity contribution in [1.82, 2.24) is 0 Å². The first-order valence-corrected chi connectivity index (χ1v) is 4.43. The molecule has 3 heteroatoms. The van der Waals surface area contributed by atoms with Gasteiger partial charge in [-0.3, -0.25) is 4.79 Å². The van der Waals surface area contributed by atoms with Crippen LogP contribution in [0.2, 0.25) is 0 Å². The quantitative estimate of drug-likeness (QED) is 0.474. The van der Waals surface area contributed by atoms with Gasteiger partial charge >= 0.3 is 0 Å². The van der Waals surface area contributed by atoms with E-state index in [1.807, 2.05) is 0 Å². The van der Waals surface area contributed by atoms with E-state index in [0.29, 0.717) is 6.42 Å². The average molecular weight is 176 g/mol. The Morgan fingerprint density at radius 3 is 2.45 bits per heavy atom. The molecule has 0 atom stereocenters. The number of unbranched alkanes of at least 4 members (excludes halogenated alkanes) is 3. The fraction of sp³-hybridized carbons (Fsp3) is 0.875. The SMILES string of the molecule is COCCCCCCC(=O)S. The molecule has 0 aliphatic rings. The Labute approximate surface area is 73.7 Å². The standard InChI is InChI=1S/C8H16O2S/c1-10-7-5-3-2-4-6-8(9)11/h2-7H2,1H3,(H,9,11). The van der Waals surface area contributed by atoms with Crippen LogP contribution in [0.25, 0.3) is 0 Å². The second-order valence-electron chi connectivity index (χ2n) is 2.55. The van der Waals surface area contributed by atoms with Crippen LogP contribution in [-0.2, 0) is 9.53 Å². The largest absolute Gasteiger partial charge is 0.385 e. The van der Waals surface area contributed by atoms with Crippen LogP contribution in [0, 0.1) is 0 Å². The molecule has 0 radical (unpaired) electrons. The number of carbonyl (C=O) groups excluding carboxylic acids is 1. The van der Waals surface area contributed by atoms with Crippen LogP contribution in [-0.4, -0.2) is 18.8 Å². The lowest BCUT2D eigenvalue weighted by Gasteiger charge is -1.98. The van der Waals surface area contributed by atoms with Crippen LogP contribution in [0.1, 0.15) is 32.1 Å². The maximum Gasteiger partial charge on any atom is 0.185 e. The van der Waals surface area contributed by atoms with Gasteiger partial charge in [0, 0.05) is 20.1 Å². The average Bonchev–Trinajstić information content (AvgIpc) is 1.96. The Balaban J connectivity index is 2.85. The molecule has 0 spiro atoms. The summed E-state index contributed by atoms with van der Waals surface area (Å²) in [5, 5.41) is -0.00302. The van der Waals surface area contributed by atoms with Gasteiger partial charge in [-0.1, -0.05) is 12.8 Å². The molecule has 0 amide bonds. The molecule has 0 saturated carbocycles. The van der Waals surface area contributed by atoms with Gasteiger partial charge in [-0.25, -0.2) is 0 Å². The molecule has 0 aliphatic heterocycles. The van der Waals surface area contributed by atoms with Gasteiger partial charge in [-0.05, 0) is 12.8 Å². The Hall–Kier alpha value is -0.0200. The summed E-state index contributed by atoms with van der Waals surface area (Å²) in [4.78, 5) is 10.4. The van der Waals surface area contributed by atoms with Gasteiger partial charge in [0.2, 0.25) is 0 Å². The number of methoxy groups -OCH3 is 1. The Morgan fingerprint density at radius 1 is 1.27 bits per heavy atom. The fourth-order valence-corrected chi connectivity index (χ4v) is 1.03. The summed E-state index contributed by atoms with van der Waals surface area (Å²) in [6.45, 7) is 0.828. The van der Waals surface area contributed by atoms with E-state index in [2.05, 4.69) is 12.6 Å². The number of hydrogen-bond donors (Lipinski definition) is 1. The van der Waals surface area contributed by atoms with Crippen LogP contribution in [0.3, 0.4) is 0 Å². The van der Waals surface area contributed by atoms with Crippen LogP contribution in [0.4, 0.5) is 0 Å². The lowest BCUT2D eigenvalue weighted by atomic mass is 10.2. The summed E-state index contributed by atoms with van der Waals surface area (Å²) >= 11 is 3.68. The Kier molecular flexibility index (Phi) is 8.07. The normalized spacial score (nSPS) is 10.0. The van der Waals surface area contributed by atoms with Gasteiger partial charge in [-0.15, -0.1) is 12.6 Å². The molecule has 0 unspecified atom stereocenters. The summed E-state index contributed by atoms with van der Waals surface area (Å²) in [5.74, 6) is 0. The van der Waals surface area contributed by atoms with Crippen molar-refractivity contribution in [3.63, 3.8) is 0 Å². The van der Waals surface area contributed by atoms with Crippen molar-refractivity contribution in [2.24, 2.45) is 0 Å². The van der Waals surface area contributed by atoms with Crippen molar-refractivity contribution in [1.29, 1.82) is 0 Å². The minimum Gasteiger partial charge on any atom is -0.385 e. The highest BCUT2D eigenvalue weighted by molar-refractivity contribution is 7.96. The van der Waals surface area contributed by atoms with Crippen LogP contribution < -0.4 is 0 Å². The molecular formula is C8H16O2S. The number of hydrogen-bond acceptors (Lipinski definition) is 2. The van der Waals surface area contributed by atoms with Crippen LogP contribution >= 0.6 is 12.6 Å². The molecule has 66 valence electrons. The van der Waals surface area contributed by atoms with E-state index in [1.54, 1.807) is 7.11 Å². The smallest absolute Gasteiger partial charge is 0.185 e. The third-order valence-electron chi connectivity index (χ3n) is 1.49. The van der Waals surface area contributed by atoms with E-state index in [4.69, 9.17) is 4.74 Å². The van der Waals surface area contributed by atoms with E-state index < -0.39 is 0 Å². The van der Waals surface area contributed by atoms with E-state index in [-0.39, 0.29) is 5.12 Å². The molecule has 0 rings (SSSR count). The van der Waals surface area contributed by atoms with E-state index in [1.165, 1.54) is 0 Å². The van der Waals surface area contributed by atoms with Crippen molar-refractivity contribution < 1.29 is 9.53 Å². The highest BCUT2D eigenvalue weighted by Gasteiger charge is 1.93. The van der Waals surface area contributed by atoms with E-state index in [0.717, 1.165) is 32.3 Å².